The molecule has 0 heterocycles. The number of benzene rings is 1. The molecule has 1 aromatic carbocycles. The molecule has 0 radical (unpaired) electrons. The lowest BCUT2D eigenvalue weighted by atomic mass is 10.1. The van der Waals surface area contributed by atoms with Crippen molar-refractivity contribution in [2.45, 2.75) is 25.8 Å². The van der Waals surface area contributed by atoms with E-state index in [-0.39, 0.29) is 17.7 Å². The molecule has 5 nitrogen and oxygen atoms in total. The van der Waals surface area contributed by atoms with Gasteiger partial charge in [-0.2, -0.15) is 0 Å². The Morgan fingerprint density at radius 3 is 2.68 bits per heavy atom. The van der Waals surface area contributed by atoms with Gasteiger partial charge in [-0.05, 0) is 18.6 Å². The molecule has 0 aromatic heterocycles. The minimum atomic E-state index is -1.02. The maximum atomic E-state index is 13.6. The summed E-state index contributed by atoms with van der Waals surface area (Å²) in [4.78, 5) is 22.6. The molecule has 0 aliphatic carbocycles. The van der Waals surface area contributed by atoms with E-state index in [4.69, 9.17) is 9.84 Å². The van der Waals surface area contributed by atoms with Crippen LogP contribution in [0.3, 0.4) is 0 Å². The molecule has 1 amide bonds. The number of methoxy groups -OCH3 is 1. The summed E-state index contributed by atoms with van der Waals surface area (Å²) in [5, 5.41) is 11.2. The first-order chi connectivity index (χ1) is 8.99. The predicted molar refractivity (Wildman–Crippen MR) is 66.8 cm³/mol. The van der Waals surface area contributed by atoms with Crippen molar-refractivity contribution >= 4 is 11.9 Å². The second kappa shape index (κ2) is 6.72. The SMILES string of the molecule is CCC(CC(=O)O)NC(=O)c1c(F)cccc1OC. The Labute approximate surface area is 110 Å². The molecule has 0 saturated heterocycles. The highest BCUT2D eigenvalue weighted by Crippen LogP contribution is 2.21. The summed E-state index contributed by atoms with van der Waals surface area (Å²) in [5.41, 5.74) is -0.214. The van der Waals surface area contributed by atoms with Crippen LogP contribution in [0.1, 0.15) is 30.1 Å². The van der Waals surface area contributed by atoms with E-state index >= 15 is 0 Å². The smallest absolute Gasteiger partial charge is 0.305 e. The fourth-order valence-electron chi connectivity index (χ4n) is 1.66. The number of ether oxygens (including phenoxy) is 1. The quantitative estimate of drug-likeness (QED) is 0.826. The van der Waals surface area contributed by atoms with E-state index in [1.54, 1.807) is 6.92 Å². The molecule has 2 N–H and O–H groups in total. The number of hydrogen-bond acceptors (Lipinski definition) is 3. The largest absolute Gasteiger partial charge is 0.496 e. The third-order valence-electron chi connectivity index (χ3n) is 2.67. The van der Waals surface area contributed by atoms with Crippen molar-refractivity contribution < 1.29 is 23.8 Å². The Hall–Kier alpha value is -2.11. The monoisotopic (exact) mass is 269 g/mol. The van der Waals surface area contributed by atoms with Gasteiger partial charge in [0.1, 0.15) is 17.1 Å². The van der Waals surface area contributed by atoms with Gasteiger partial charge in [0, 0.05) is 6.04 Å². The first kappa shape index (κ1) is 14.9. The van der Waals surface area contributed by atoms with Crippen molar-refractivity contribution in [1.82, 2.24) is 5.32 Å². The van der Waals surface area contributed by atoms with E-state index in [2.05, 4.69) is 5.32 Å². The Balaban J connectivity index is 2.91. The van der Waals surface area contributed by atoms with Crippen LogP contribution in [-0.2, 0) is 4.79 Å². The van der Waals surface area contributed by atoms with E-state index in [1.165, 1.54) is 19.2 Å². The molecule has 1 aromatic rings. The summed E-state index contributed by atoms with van der Waals surface area (Å²) in [6.07, 6.45) is 0.230. The maximum Gasteiger partial charge on any atom is 0.305 e. The van der Waals surface area contributed by atoms with E-state index in [9.17, 15) is 14.0 Å². The average Bonchev–Trinajstić information content (AvgIpc) is 2.36. The summed E-state index contributed by atoms with van der Waals surface area (Å²) in [6, 6.07) is 3.50. The molecule has 19 heavy (non-hydrogen) atoms. The standard InChI is InChI=1S/C13H16FNO4/c1-3-8(7-11(16)17)15-13(18)12-9(14)5-4-6-10(12)19-2/h4-6,8H,3,7H2,1-2H3,(H,15,18)(H,16,17). The second-order valence-electron chi connectivity index (χ2n) is 3.99. The van der Waals surface area contributed by atoms with E-state index < -0.39 is 23.7 Å². The van der Waals surface area contributed by atoms with Crippen LogP contribution in [0, 0.1) is 5.82 Å². The molecular formula is C13H16FNO4. The van der Waals surface area contributed by atoms with Crippen molar-refractivity contribution in [1.29, 1.82) is 0 Å². The van der Waals surface area contributed by atoms with Gasteiger partial charge in [0.05, 0.1) is 13.5 Å². The van der Waals surface area contributed by atoms with Gasteiger partial charge in [0.2, 0.25) is 0 Å². The third-order valence-corrected chi connectivity index (χ3v) is 2.67. The van der Waals surface area contributed by atoms with Gasteiger partial charge in [0.25, 0.3) is 5.91 Å². The normalized spacial score (nSPS) is 11.7. The number of aliphatic carboxylic acids is 1. The molecule has 0 saturated carbocycles. The van der Waals surface area contributed by atoms with Gasteiger partial charge in [-0.1, -0.05) is 13.0 Å². The zero-order valence-electron chi connectivity index (χ0n) is 10.8. The fraction of sp³-hybridized carbons (Fsp3) is 0.385. The number of rotatable bonds is 6. The third kappa shape index (κ3) is 3.94. The lowest BCUT2D eigenvalue weighted by molar-refractivity contribution is -0.137. The highest BCUT2D eigenvalue weighted by atomic mass is 19.1. The molecule has 0 fully saturated rings. The van der Waals surface area contributed by atoms with Crippen molar-refractivity contribution in [2.24, 2.45) is 0 Å². The molecule has 1 atom stereocenters. The number of carbonyl (C=O) groups is 2. The first-order valence-electron chi connectivity index (χ1n) is 5.84. The lowest BCUT2D eigenvalue weighted by Gasteiger charge is -2.16. The summed E-state index contributed by atoms with van der Waals surface area (Å²) in [7, 11) is 1.33. The van der Waals surface area contributed by atoms with Crippen LogP contribution in [0.2, 0.25) is 0 Å². The number of carboxylic acid groups (broad SMARTS) is 1. The van der Waals surface area contributed by atoms with Crippen LogP contribution < -0.4 is 10.1 Å². The van der Waals surface area contributed by atoms with Crippen molar-refractivity contribution in [3.05, 3.63) is 29.6 Å². The first-order valence-corrected chi connectivity index (χ1v) is 5.84. The minimum absolute atomic E-state index is 0.114. The number of nitrogens with one attached hydrogen (secondary N) is 1. The Bertz CT molecular complexity index is 476. The molecule has 104 valence electrons. The Morgan fingerprint density at radius 2 is 2.16 bits per heavy atom. The van der Waals surface area contributed by atoms with Gasteiger partial charge in [0.15, 0.2) is 0 Å². The van der Waals surface area contributed by atoms with E-state index in [1.807, 2.05) is 0 Å². The second-order valence-corrected chi connectivity index (χ2v) is 3.99. The Morgan fingerprint density at radius 1 is 1.47 bits per heavy atom. The summed E-state index contributed by atoms with van der Waals surface area (Å²) in [6.45, 7) is 1.74. The highest BCUT2D eigenvalue weighted by molar-refractivity contribution is 5.97. The molecule has 0 bridgehead atoms. The molecular weight excluding hydrogens is 253 g/mol. The van der Waals surface area contributed by atoms with Gasteiger partial charge >= 0.3 is 5.97 Å². The van der Waals surface area contributed by atoms with Crippen LogP contribution >= 0.6 is 0 Å². The van der Waals surface area contributed by atoms with Gasteiger partial charge in [-0.25, -0.2) is 4.39 Å². The minimum Gasteiger partial charge on any atom is -0.496 e. The zero-order chi connectivity index (χ0) is 14.4. The molecule has 1 unspecified atom stereocenters. The number of halogens is 1. The number of carbonyl (C=O) groups excluding carboxylic acids is 1. The molecule has 0 aliphatic heterocycles. The average molecular weight is 269 g/mol. The van der Waals surface area contributed by atoms with Crippen molar-refractivity contribution in [2.75, 3.05) is 7.11 Å². The van der Waals surface area contributed by atoms with Gasteiger partial charge in [-0.3, -0.25) is 9.59 Å². The van der Waals surface area contributed by atoms with Crippen LogP contribution in [0.15, 0.2) is 18.2 Å². The summed E-state index contributed by atoms with van der Waals surface area (Å²) < 4.78 is 18.6. The van der Waals surface area contributed by atoms with Gasteiger partial charge < -0.3 is 15.2 Å². The van der Waals surface area contributed by atoms with Crippen LogP contribution in [0.5, 0.6) is 5.75 Å². The topological polar surface area (TPSA) is 75.6 Å². The number of hydrogen-bond donors (Lipinski definition) is 2. The Kier molecular flexibility index (Phi) is 5.29. The number of carboxylic acids is 1. The summed E-state index contributed by atoms with van der Waals surface area (Å²) in [5.74, 6) is -2.29. The van der Waals surface area contributed by atoms with Gasteiger partial charge in [-0.15, -0.1) is 0 Å². The number of amides is 1. The highest BCUT2D eigenvalue weighted by Gasteiger charge is 2.21. The van der Waals surface area contributed by atoms with Crippen molar-refractivity contribution in [3.63, 3.8) is 0 Å². The molecule has 6 heteroatoms. The predicted octanol–water partition coefficient (Wildman–Crippen LogP) is 1.82. The molecule has 0 spiro atoms. The van der Waals surface area contributed by atoms with Crippen molar-refractivity contribution in [3.8, 4) is 5.75 Å². The van der Waals surface area contributed by atoms with Crippen LogP contribution in [-0.4, -0.2) is 30.1 Å². The molecule has 1 rings (SSSR count). The fourth-order valence-corrected chi connectivity index (χ4v) is 1.66. The van der Waals surface area contributed by atoms with Crippen LogP contribution in [0.25, 0.3) is 0 Å². The molecule has 0 aliphatic rings. The van der Waals surface area contributed by atoms with E-state index in [0.29, 0.717) is 6.42 Å². The van der Waals surface area contributed by atoms with E-state index in [0.717, 1.165) is 6.07 Å². The lowest BCUT2D eigenvalue weighted by Crippen LogP contribution is -2.36. The van der Waals surface area contributed by atoms with Crippen LogP contribution in [0.4, 0.5) is 4.39 Å². The summed E-state index contributed by atoms with van der Waals surface area (Å²) >= 11 is 0. The maximum absolute atomic E-state index is 13.6. The zero-order valence-corrected chi connectivity index (χ0v) is 10.8.